The van der Waals surface area contributed by atoms with E-state index in [0.717, 1.165) is 22.6 Å². The van der Waals surface area contributed by atoms with E-state index in [2.05, 4.69) is 5.32 Å². The van der Waals surface area contributed by atoms with Crippen molar-refractivity contribution >= 4 is 17.6 Å². The van der Waals surface area contributed by atoms with Crippen molar-refractivity contribution < 1.29 is 24.2 Å². The molecule has 0 fully saturated rings. The van der Waals surface area contributed by atoms with Gasteiger partial charge in [-0.15, -0.1) is 0 Å². The fraction of sp³-hybridized carbons (Fsp3) is 0.300. The molecule has 0 aromatic heterocycles. The van der Waals surface area contributed by atoms with Crippen LogP contribution in [0.4, 0.5) is 5.69 Å². The number of aryl methyl sites for hydroxylation is 2. The maximum atomic E-state index is 12.2. The fourth-order valence-electron chi connectivity index (χ4n) is 2.39. The summed E-state index contributed by atoms with van der Waals surface area (Å²) in [5.74, 6) is -0.320. The van der Waals surface area contributed by atoms with Gasteiger partial charge in [0.25, 0.3) is 0 Å². The van der Waals surface area contributed by atoms with Crippen LogP contribution in [0.3, 0.4) is 0 Å². The molecule has 2 rings (SSSR count). The minimum Gasteiger partial charge on any atom is -0.491 e. The van der Waals surface area contributed by atoms with Crippen LogP contribution in [0.2, 0.25) is 0 Å². The zero-order chi connectivity index (χ0) is 18.9. The number of hydrogen-bond acceptors (Lipinski definition) is 4. The molecule has 26 heavy (non-hydrogen) atoms. The molecule has 0 aliphatic rings. The molecule has 2 N–H and O–H groups in total. The van der Waals surface area contributed by atoms with Gasteiger partial charge >= 0.3 is 5.97 Å². The molecule has 0 radical (unpaired) electrons. The van der Waals surface area contributed by atoms with E-state index in [1.165, 1.54) is 0 Å². The van der Waals surface area contributed by atoms with E-state index in [4.69, 9.17) is 14.6 Å². The van der Waals surface area contributed by atoms with Gasteiger partial charge in [0.1, 0.15) is 12.4 Å². The molecule has 0 bridgehead atoms. The first kappa shape index (κ1) is 19.5. The summed E-state index contributed by atoms with van der Waals surface area (Å²) < 4.78 is 10.5. The summed E-state index contributed by atoms with van der Waals surface area (Å²) >= 11 is 0. The zero-order valence-electron chi connectivity index (χ0n) is 15.0. The smallest absolute Gasteiger partial charge is 0.335 e. The van der Waals surface area contributed by atoms with Crippen LogP contribution in [0.25, 0.3) is 0 Å². The Bertz CT molecular complexity index is 755. The Hall–Kier alpha value is -2.86. The maximum Gasteiger partial charge on any atom is 0.335 e. The highest BCUT2D eigenvalue weighted by Crippen LogP contribution is 2.21. The van der Waals surface area contributed by atoms with E-state index in [9.17, 15) is 9.59 Å². The van der Waals surface area contributed by atoms with Crippen molar-refractivity contribution in [3.05, 3.63) is 59.2 Å². The lowest BCUT2D eigenvalue weighted by molar-refractivity contribution is -0.116. The topological polar surface area (TPSA) is 84.9 Å². The second-order valence-corrected chi connectivity index (χ2v) is 5.87. The average Bonchev–Trinajstić information content (AvgIpc) is 2.63. The van der Waals surface area contributed by atoms with E-state index < -0.39 is 5.97 Å². The number of carboxylic acid groups (broad SMARTS) is 1. The molecule has 0 aliphatic heterocycles. The number of carbonyl (C=O) groups is 2. The number of carboxylic acids is 1. The molecular formula is C20H23NO5. The van der Waals surface area contributed by atoms with E-state index in [1.54, 1.807) is 31.4 Å². The Morgan fingerprint density at radius 1 is 1.08 bits per heavy atom. The summed E-state index contributed by atoms with van der Waals surface area (Å²) in [4.78, 5) is 23.0. The van der Waals surface area contributed by atoms with Gasteiger partial charge in [-0.3, -0.25) is 4.79 Å². The predicted molar refractivity (Wildman–Crippen MR) is 98.9 cm³/mol. The standard InChI is InChI=1S/C20H23NO5/c1-14-13-17(26-12-11-25-2)8-9-18(14)21-19(22)10-5-15-3-6-16(7-4-15)20(23)24/h3-4,6-9,13H,5,10-12H2,1-2H3,(H,21,22)(H,23,24). The molecule has 0 saturated heterocycles. The Morgan fingerprint density at radius 3 is 2.42 bits per heavy atom. The molecule has 2 aromatic carbocycles. The van der Waals surface area contributed by atoms with E-state index in [1.807, 2.05) is 25.1 Å². The quantitative estimate of drug-likeness (QED) is 0.673. The van der Waals surface area contributed by atoms with Gasteiger partial charge in [-0.05, 0) is 54.8 Å². The van der Waals surface area contributed by atoms with Crippen LogP contribution in [0.5, 0.6) is 5.75 Å². The zero-order valence-corrected chi connectivity index (χ0v) is 15.0. The minimum absolute atomic E-state index is 0.0940. The van der Waals surface area contributed by atoms with Crippen molar-refractivity contribution in [3.63, 3.8) is 0 Å². The van der Waals surface area contributed by atoms with Crippen LogP contribution in [0, 0.1) is 6.92 Å². The fourth-order valence-corrected chi connectivity index (χ4v) is 2.39. The normalized spacial score (nSPS) is 10.4. The lowest BCUT2D eigenvalue weighted by atomic mass is 10.1. The molecule has 0 heterocycles. The molecule has 0 unspecified atom stereocenters. The number of rotatable bonds is 9. The summed E-state index contributed by atoms with van der Waals surface area (Å²) in [5.41, 5.74) is 2.82. The van der Waals surface area contributed by atoms with Gasteiger partial charge in [0.2, 0.25) is 5.91 Å². The first-order valence-electron chi connectivity index (χ1n) is 8.34. The van der Waals surface area contributed by atoms with Crippen molar-refractivity contribution in [2.45, 2.75) is 19.8 Å². The highest BCUT2D eigenvalue weighted by molar-refractivity contribution is 5.91. The number of aromatic carboxylic acids is 1. The van der Waals surface area contributed by atoms with Gasteiger partial charge in [0, 0.05) is 19.2 Å². The van der Waals surface area contributed by atoms with Gasteiger partial charge in [-0.25, -0.2) is 4.79 Å². The van der Waals surface area contributed by atoms with Crippen molar-refractivity contribution in [1.82, 2.24) is 0 Å². The minimum atomic E-state index is -0.959. The number of ether oxygens (including phenoxy) is 2. The average molecular weight is 357 g/mol. The van der Waals surface area contributed by atoms with Gasteiger partial charge in [0.15, 0.2) is 0 Å². The molecule has 1 amide bonds. The molecule has 0 atom stereocenters. The third kappa shape index (κ3) is 5.89. The van der Waals surface area contributed by atoms with Gasteiger partial charge < -0.3 is 19.9 Å². The second kappa shape index (κ2) is 9.58. The summed E-state index contributed by atoms with van der Waals surface area (Å²) in [7, 11) is 1.62. The number of carbonyl (C=O) groups excluding carboxylic acids is 1. The Labute approximate surface area is 152 Å². The largest absolute Gasteiger partial charge is 0.491 e. The molecule has 138 valence electrons. The predicted octanol–water partition coefficient (Wildman–Crippen LogP) is 3.29. The number of methoxy groups -OCH3 is 1. The third-order valence-corrected chi connectivity index (χ3v) is 3.87. The van der Waals surface area contributed by atoms with Crippen molar-refractivity contribution in [2.24, 2.45) is 0 Å². The SMILES string of the molecule is COCCOc1ccc(NC(=O)CCc2ccc(C(=O)O)cc2)c(C)c1. The van der Waals surface area contributed by atoms with Crippen molar-refractivity contribution in [3.8, 4) is 5.75 Å². The Balaban J connectivity index is 1.86. The number of nitrogens with one attached hydrogen (secondary N) is 1. The van der Waals surface area contributed by atoms with Crippen molar-refractivity contribution in [2.75, 3.05) is 25.6 Å². The Kier molecular flexibility index (Phi) is 7.17. The maximum absolute atomic E-state index is 12.2. The molecule has 6 nitrogen and oxygen atoms in total. The number of amides is 1. The lowest BCUT2D eigenvalue weighted by Crippen LogP contribution is -2.13. The summed E-state index contributed by atoms with van der Waals surface area (Å²) in [5, 5.41) is 11.8. The second-order valence-electron chi connectivity index (χ2n) is 5.87. The van der Waals surface area contributed by atoms with Crippen LogP contribution < -0.4 is 10.1 Å². The van der Waals surface area contributed by atoms with Crippen LogP contribution in [-0.2, 0) is 16.0 Å². The van der Waals surface area contributed by atoms with E-state index in [-0.39, 0.29) is 11.5 Å². The summed E-state index contributed by atoms with van der Waals surface area (Å²) in [6.45, 7) is 2.90. The number of hydrogen-bond donors (Lipinski definition) is 2. The Morgan fingerprint density at radius 2 is 1.81 bits per heavy atom. The first-order valence-corrected chi connectivity index (χ1v) is 8.34. The van der Waals surface area contributed by atoms with Gasteiger partial charge in [-0.2, -0.15) is 0 Å². The summed E-state index contributed by atoms with van der Waals surface area (Å²) in [6, 6.07) is 12.0. The van der Waals surface area contributed by atoms with Crippen LogP contribution >= 0.6 is 0 Å². The molecule has 0 aliphatic carbocycles. The number of anilines is 1. The molecule has 2 aromatic rings. The molecular weight excluding hydrogens is 334 g/mol. The first-order chi connectivity index (χ1) is 12.5. The van der Waals surface area contributed by atoms with Crippen LogP contribution in [0.1, 0.15) is 27.9 Å². The van der Waals surface area contributed by atoms with Crippen molar-refractivity contribution in [1.29, 1.82) is 0 Å². The highest BCUT2D eigenvalue weighted by atomic mass is 16.5. The highest BCUT2D eigenvalue weighted by Gasteiger charge is 2.08. The molecule has 0 saturated carbocycles. The lowest BCUT2D eigenvalue weighted by Gasteiger charge is -2.11. The van der Waals surface area contributed by atoms with E-state index in [0.29, 0.717) is 26.1 Å². The van der Waals surface area contributed by atoms with Crippen LogP contribution in [-0.4, -0.2) is 37.3 Å². The molecule has 6 heteroatoms. The van der Waals surface area contributed by atoms with E-state index >= 15 is 0 Å². The van der Waals surface area contributed by atoms with Gasteiger partial charge in [-0.1, -0.05) is 12.1 Å². The van der Waals surface area contributed by atoms with Crippen LogP contribution in [0.15, 0.2) is 42.5 Å². The third-order valence-electron chi connectivity index (χ3n) is 3.87. The monoisotopic (exact) mass is 357 g/mol. The summed E-state index contributed by atoms with van der Waals surface area (Å²) in [6.07, 6.45) is 0.862. The number of benzene rings is 2. The molecule has 0 spiro atoms. The van der Waals surface area contributed by atoms with Gasteiger partial charge in [0.05, 0.1) is 12.2 Å².